The van der Waals surface area contributed by atoms with E-state index in [0.717, 1.165) is 12.5 Å². The highest BCUT2D eigenvalue weighted by Crippen LogP contribution is 2.51. The Hall–Kier alpha value is -2.97. The number of carbonyl (C=O) groups excluding carboxylic acids is 1. The molecular formula is C15H13N3O6. The average Bonchev–Trinajstić information content (AvgIpc) is 3.21. The summed E-state index contributed by atoms with van der Waals surface area (Å²) in [6.07, 6.45) is 4.84. The van der Waals surface area contributed by atoms with Gasteiger partial charge in [-0.2, -0.15) is 0 Å². The van der Waals surface area contributed by atoms with Crippen LogP contribution in [0.15, 0.2) is 30.4 Å². The molecule has 24 heavy (non-hydrogen) atoms. The van der Waals surface area contributed by atoms with E-state index in [9.17, 15) is 25.0 Å². The number of anilines is 1. The number of hydrogen-bond donors (Lipinski definition) is 1. The van der Waals surface area contributed by atoms with Crippen molar-refractivity contribution in [1.82, 2.24) is 0 Å². The minimum atomic E-state index is -0.701. The lowest BCUT2D eigenvalue weighted by molar-refractivity contribution is -0.393. The number of rotatable bonds is 4. The van der Waals surface area contributed by atoms with Gasteiger partial charge in [0.2, 0.25) is 0 Å². The number of nitrogens with zero attached hydrogens (tertiary/aromatic N) is 2. The fourth-order valence-corrected chi connectivity index (χ4v) is 4.01. The van der Waals surface area contributed by atoms with Gasteiger partial charge >= 0.3 is 5.97 Å². The number of esters is 1. The molecular weight excluding hydrogens is 318 g/mol. The van der Waals surface area contributed by atoms with E-state index >= 15 is 0 Å². The summed E-state index contributed by atoms with van der Waals surface area (Å²) in [6, 6.07) is 2.64. The van der Waals surface area contributed by atoms with Gasteiger partial charge in [0.1, 0.15) is 17.8 Å². The fraction of sp³-hybridized carbons (Fsp3) is 0.400. The van der Waals surface area contributed by atoms with Crippen molar-refractivity contribution in [2.24, 2.45) is 17.8 Å². The minimum absolute atomic E-state index is 0.0673. The van der Waals surface area contributed by atoms with Crippen molar-refractivity contribution in [3.8, 4) is 0 Å². The molecule has 124 valence electrons. The first-order valence-corrected chi connectivity index (χ1v) is 7.54. The lowest BCUT2D eigenvalue weighted by atomic mass is 9.86. The van der Waals surface area contributed by atoms with E-state index in [1.165, 1.54) is 12.1 Å². The molecule has 0 aromatic heterocycles. The van der Waals surface area contributed by atoms with Crippen LogP contribution in [0.1, 0.15) is 6.42 Å². The first-order valence-electron chi connectivity index (χ1n) is 7.54. The van der Waals surface area contributed by atoms with Gasteiger partial charge in [0.15, 0.2) is 0 Å². The van der Waals surface area contributed by atoms with Crippen molar-refractivity contribution in [3.63, 3.8) is 0 Å². The number of benzene rings is 1. The molecule has 1 saturated carbocycles. The van der Waals surface area contributed by atoms with Gasteiger partial charge in [-0.15, -0.1) is 0 Å². The number of nitro groups is 2. The fourth-order valence-electron chi connectivity index (χ4n) is 4.01. The van der Waals surface area contributed by atoms with Crippen molar-refractivity contribution in [3.05, 3.63) is 50.6 Å². The third-order valence-electron chi connectivity index (χ3n) is 5.04. The molecule has 5 atom stereocenters. The van der Waals surface area contributed by atoms with Gasteiger partial charge in [-0.05, 0) is 18.4 Å². The zero-order chi connectivity index (χ0) is 17.0. The highest BCUT2D eigenvalue weighted by Gasteiger charge is 2.57. The molecule has 2 aliphatic carbocycles. The van der Waals surface area contributed by atoms with E-state index in [4.69, 9.17) is 4.74 Å². The number of carbonyl (C=O) groups is 1. The standard InChI is InChI=1S/C15H13N3O6/c19-15-13(12-7-1-2-8(5-7)14(12)24-15)16-10-4-3-9(17(20)21)6-11(10)18(22)23/h1-4,6-8,12-14,16H,5H2/t7-,8+,12-,13-,14-/m0/s1. The summed E-state index contributed by atoms with van der Waals surface area (Å²) in [5.41, 5.74) is -0.721. The first kappa shape index (κ1) is 14.6. The van der Waals surface area contributed by atoms with Crippen LogP contribution in [0.5, 0.6) is 0 Å². The van der Waals surface area contributed by atoms with E-state index in [2.05, 4.69) is 17.5 Å². The minimum Gasteiger partial charge on any atom is -0.460 e. The van der Waals surface area contributed by atoms with Crippen LogP contribution in [-0.4, -0.2) is 28.0 Å². The van der Waals surface area contributed by atoms with E-state index < -0.39 is 27.5 Å². The quantitative estimate of drug-likeness (QED) is 0.387. The largest absolute Gasteiger partial charge is 0.460 e. The van der Waals surface area contributed by atoms with E-state index in [0.29, 0.717) is 0 Å². The molecule has 4 rings (SSSR count). The molecule has 1 saturated heterocycles. The normalized spacial score (nSPS) is 32.5. The van der Waals surface area contributed by atoms with Crippen LogP contribution in [0, 0.1) is 38.0 Å². The average molecular weight is 331 g/mol. The Morgan fingerprint density at radius 2 is 1.88 bits per heavy atom. The zero-order valence-electron chi connectivity index (χ0n) is 12.3. The summed E-state index contributed by atoms with van der Waals surface area (Å²) >= 11 is 0. The van der Waals surface area contributed by atoms with Crippen LogP contribution < -0.4 is 5.32 Å². The number of nitrogens with one attached hydrogen (secondary N) is 1. The molecule has 0 radical (unpaired) electrons. The number of fused-ring (bicyclic) bond motifs is 5. The van der Waals surface area contributed by atoms with Crippen LogP contribution in [-0.2, 0) is 9.53 Å². The summed E-state index contributed by atoms with van der Waals surface area (Å²) in [5.74, 6) is -0.0815. The second-order valence-corrected chi connectivity index (χ2v) is 6.26. The molecule has 0 spiro atoms. The Labute approximate surface area is 135 Å². The van der Waals surface area contributed by atoms with Crippen LogP contribution in [0.4, 0.5) is 17.1 Å². The van der Waals surface area contributed by atoms with E-state index in [1.807, 2.05) is 0 Å². The van der Waals surface area contributed by atoms with E-state index in [1.54, 1.807) is 0 Å². The third-order valence-corrected chi connectivity index (χ3v) is 5.04. The van der Waals surface area contributed by atoms with Crippen molar-refractivity contribution in [2.75, 3.05) is 5.32 Å². The van der Waals surface area contributed by atoms with Crippen LogP contribution in [0.2, 0.25) is 0 Å². The first-order chi connectivity index (χ1) is 11.5. The molecule has 1 aliphatic heterocycles. The van der Waals surface area contributed by atoms with Gasteiger partial charge in [-0.25, -0.2) is 4.79 Å². The summed E-state index contributed by atoms with van der Waals surface area (Å²) < 4.78 is 5.44. The summed E-state index contributed by atoms with van der Waals surface area (Å²) in [5, 5.41) is 24.9. The van der Waals surface area contributed by atoms with Gasteiger partial charge in [0, 0.05) is 17.9 Å². The number of allylic oxidation sites excluding steroid dienone is 1. The Morgan fingerprint density at radius 3 is 2.58 bits per heavy atom. The highest BCUT2D eigenvalue weighted by molar-refractivity contribution is 5.84. The molecule has 1 aromatic carbocycles. The molecule has 3 aliphatic rings. The second kappa shape index (κ2) is 5.02. The number of nitro benzene ring substituents is 2. The second-order valence-electron chi connectivity index (χ2n) is 6.26. The molecule has 1 heterocycles. The van der Waals surface area contributed by atoms with Crippen molar-refractivity contribution >= 4 is 23.0 Å². The van der Waals surface area contributed by atoms with Crippen LogP contribution >= 0.6 is 0 Å². The molecule has 1 N–H and O–H groups in total. The SMILES string of the molecule is O=C1O[C@@H]2[C@H]([C@@H]1Nc1ccc([N+](=O)[O-])cc1[N+](=O)[O-])[C@H]1C=C[C@@H]2C1. The van der Waals surface area contributed by atoms with Crippen LogP contribution in [0.3, 0.4) is 0 Å². The number of hydrogen-bond acceptors (Lipinski definition) is 7. The van der Waals surface area contributed by atoms with Crippen LogP contribution in [0.25, 0.3) is 0 Å². The maximum absolute atomic E-state index is 12.2. The smallest absolute Gasteiger partial charge is 0.329 e. The van der Waals surface area contributed by atoms with Gasteiger partial charge in [-0.3, -0.25) is 20.2 Å². The Balaban J connectivity index is 1.65. The van der Waals surface area contributed by atoms with Gasteiger partial charge in [0.25, 0.3) is 11.4 Å². The van der Waals surface area contributed by atoms with Crippen molar-refractivity contribution in [2.45, 2.75) is 18.6 Å². The molecule has 9 nitrogen and oxygen atoms in total. The third kappa shape index (κ3) is 2.04. The predicted molar refractivity (Wildman–Crippen MR) is 81.3 cm³/mol. The Morgan fingerprint density at radius 1 is 1.12 bits per heavy atom. The molecule has 0 unspecified atom stereocenters. The molecule has 0 amide bonds. The monoisotopic (exact) mass is 331 g/mol. The van der Waals surface area contributed by atoms with Crippen molar-refractivity contribution in [1.29, 1.82) is 0 Å². The lowest BCUT2D eigenvalue weighted by Gasteiger charge is -2.22. The van der Waals surface area contributed by atoms with Gasteiger partial charge in [-0.1, -0.05) is 12.2 Å². The predicted octanol–water partition coefficient (Wildman–Crippen LogP) is 2.03. The Kier molecular flexibility index (Phi) is 3.05. The summed E-state index contributed by atoms with van der Waals surface area (Å²) in [7, 11) is 0. The van der Waals surface area contributed by atoms with Gasteiger partial charge in [0.05, 0.1) is 15.9 Å². The summed E-state index contributed by atoms with van der Waals surface area (Å²) in [4.78, 5) is 32.8. The maximum Gasteiger partial charge on any atom is 0.329 e. The van der Waals surface area contributed by atoms with E-state index in [-0.39, 0.29) is 35.2 Å². The molecule has 9 heteroatoms. The van der Waals surface area contributed by atoms with Crippen molar-refractivity contribution < 1.29 is 19.4 Å². The Bertz CT molecular complexity index is 791. The van der Waals surface area contributed by atoms with Gasteiger partial charge < -0.3 is 10.1 Å². The maximum atomic E-state index is 12.2. The number of ether oxygens (including phenoxy) is 1. The molecule has 2 bridgehead atoms. The highest BCUT2D eigenvalue weighted by atomic mass is 16.6. The molecule has 1 aromatic rings. The zero-order valence-corrected chi connectivity index (χ0v) is 12.3. The lowest BCUT2D eigenvalue weighted by Crippen LogP contribution is -2.35. The number of non-ortho nitro benzene ring substituents is 1. The summed E-state index contributed by atoms with van der Waals surface area (Å²) in [6.45, 7) is 0. The molecule has 2 fully saturated rings. The topological polar surface area (TPSA) is 125 Å².